The lowest BCUT2D eigenvalue weighted by molar-refractivity contribution is -0.137. The van der Waals surface area contributed by atoms with Crippen LogP contribution in [0.25, 0.3) is 10.9 Å². The van der Waals surface area contributed by atoms with Gasteiger partial charge >= 0.3 is 0 Å². The summed E-state index contributed by atoms with van der Waals surface area (Å²) >= 11 is 0. The molecule has 1 saturated heterocycles. The molecule has 128 valence electrons. The summed E-state index contributed by atoms with van der Waals surface area (Å²) < 4.78 is 10.6. The number of benzene rings is 1. The van der Waals surface area contributed by atoms with Crippen LogP contribution in [0.1, 0.15) is 18.4 Å². The number of hydrogen-bond acceptors (Lipinski definition) is 4. The highest BCUT2D eigenvalue weighted by atomic mass is 16.5. The maximum absolute atomic E-state index is 12.3. The summed E-state index contributed by atoms with van der Waals surface area (Å²) in [5.41, 5.74) is 1.19. The van der Waals surface area contributed by atoms with Gasteiger partial charge in [0.05, 0.1) is 12.6 Å². The van der Waals surface area contributed by atoms with E-state index >= 15 is 0 Å². The Labute approximate surface area is 140 Å². The Balaban J connectivity index is 1.84. The third-order valence-electron chi connectivity index (χ3n) is 4.26. The van der Waals surface area contributed by atoms with Gasteiger partial charge in [-0.25, -0.2) is 0 Å². The van der Waals surface area contributed by atoms with E-state index in [9.17, 15) is 9.59 Å². The molecule has 24 heavy (non-hydrogen) atoms. The summed E-state index contributed by atoms with van der Waals surface area (Å²) in [6.07, 6.45) is 1.98. The van der Waals surface area contributed by atoms with Gasteiger partial charge in [0.25, 0.3) is 5.56 Å². The SMILES string of the molecule is COCC(=O)N(Cc1cc2ccccc2[nH]c1=O)C[C@H]1CCCO1. The predicted molar refractivity (Wildman–Crippen MR) is 90.8 cm³/mol. The van der Waals surface area contributed by atoms with Crippen molar-refractivity contribution >= 4 is 16.8 Å². The molecule has 6 nitrogen and oxygen atoms in total. The molecule has 1 aliphatic heterocycles. The van der Waals surface area contributed by atoms with Crippen molar-refractivity contribution in [3.8, 4) is 0 Å². The van der Waals surface area contributed by atoms with Crippen LogP contribution >= 0.6 is 0 Å². The fourth-order valence-electron chi connectivity index (χ4n) is 3.02. The van der Waals surface area contributed by atoms with E-state index in [4.69, 9.17) is 9.47 Å². The molecule has 0 saturated carbocycles. The van der Waals surface area contributed by atoms with Crippen molar-refractivity contribution in [3.05, 3.63) is 46.2 Å². The molecule has 1 aromatic carbocycles. The van der Waals surface area contributed by atoms with Gasteiger partial charge in [-0.05, 0) is 30.4 Å². The molecule has 3 rings (SSSR count). The first-order chi connectivity index (χ1) is 11.7. The zero-order chi connectivity index (χ0) is 16.9. The average molecular weight is 330 g/mol. The highest BCUT2D eigenvalue weighted by molar-refractivity contribution is 5.79. The van der Waals surface area contributed by atoms with Crippen LogP contribution in [0.5, 0.6) is 0 Å². The fraction of sp³-hybridized carbons (Fsp3) is 0.444. The normalized spacial score (nSPS) is 17.3. The molecule has 6 heteroatoms. The maximum atomic E-state index is 12.3. The van der Waals surface area contributed by atoms with Crippen molar-refractivity contribution in [2.24, 2.45) is 0 Å². The van der Waals surface area contributed by atoms with Crippen molar-refractivity contribution in [3.63, 3.8) is 0 Å². The number of aromatic nitrogens is 1. The molecular formula is C18H22N2O4. The van der Waals surface area contributed by atoms with Gasteiger partial charge in [-0.3, -0.25) is 9.59 Å². The molecule has 1 fully saturated rings. The molecule has 0 aliphatic carbocycles. The number of carbonyl (C=O) groups is 1. The molecule has 0 spiro atoms. The lowest BCUT2D eigenvalue weighted by Crippen LogP contribution is -2.40. The van der Waals surface area contributed by atoms with E-state index < -0.39 is 0 Å². The van der Waals surface area contributed by atoms with Gasteiger partial charge in [0, 0.05) is 31.3 Å². The number of nitrogens with one attached hydrogen (secondary N) is 1. The van der Waals surface area contributed by atoms with E-state index in [1.165, 1.54) is 7.11 Å². The number of ether oxygens (including phenoxy) is 2. The molecule has 1 N–H and O–H groups in total. The van der Waals surface area contributed by atoms with Crippen LogP contribution < -0.4 is 5.56 Å². The summed E-state index contributed by atoms with van der Waals surface area (Å²) in [4.78, 5) is 29.2. The Morgan fingerprint density at radius 3 is 3.00 bits per heavy atom. The number of rotatable bonds is 6. The smallest absolute Gasteiger partial charge is 0.253 e. The first-order valence-electron chi connectivity index (χ1n) is 8.16. The maximum Gasteiger partial charge on any atom is 0.253 e. The molecular weight excluding hydrogens is 308 g/mol. The minimum atomic E-state index is -0.170. The average Bonchev–Trinajstić information content (AvgIpc) is 3.08. The van der Waals surface area contributed by atoms with Crippen LogP contribution in [0.3, 0.4) is 0 Å². The first kappa shape index (κ1) is 16.7. The zero-order valence-corrected chi connectivity index (χ0v) is 13.8. The van der Waals surface area contributed by atoms with Crippen molar-refractivity contribution in [2.45, 2.75) is 25.5 Å². The number of hydrogen-bond donors (Lipinski definition) is 1. The molecule has 0 bridgehead atoms. The lowest BCUT2D eigenvalue weighted by Gasteiger charge is -2.25. The van der Waals surface area contributed by atoms with Crippen LogP contribution in [0, 0.1) is 0 Å². The Morgan fingerprint density at radius 2 is 2.25 bits per heavy atom. The Bertz CT molecular complexity index is 765. The number of carbonyl (C=O) groups excluding carboxylic acids is 1. The van der Waals surface area contributed by atoms with Crippen LogP contribution in [0.2, 0.25) is 0 Å². The molecule has 0 radical (unpaired) electrons. The third kappa shape index (κ3) is 3.83. The van der Waals surface area contributed by atoms with Crippen molar-refractivity contribution in [1.29, 1.82) is 0 Å². The molecule has 1 amide bonds. The van der Waals surface area contributed by atoms with Gasteiger partial charge in [-0.1, -0.05) is 18.2 Å². The van der Waals surface area contributed by atoms with Gasteiger partial charge in [0.15, 0.2) is 0 Å². The monoisotopic (exact) mass is 330 g/mol. The number of amides is 1. The number of pyridine rings is 1. The molecule has 1 atom stereocenters. The highest BCUT2D eigenvalue weighted by Gasteiger charge is 2.23. The predicted octanol–water partition coefficient (Wildman–Crippen LogP) is 1.68. The second kappa shape index (κ2) is 7.59. The minimum absolute atomic E-state index is 0.00178. The van der Waals surface area contributed by atoms with Crippen molar-refractivity contribution in [2.75, 3.05) is 26.9 Å². The second-order valence-electron chi connectivity index (χ2n) is 6.05. The molecule has 0 unspecified atom stereocenters. The van der Waals surface area contributed by atoms with E-state index in [1.807, 2.05) is 30.3 Å². The van der Waals surface area contributed by atoms with Crippen LogP contribution in [-0.2, 0) is 20.8 Å². The zero-order valence-electron chi connectivity index (χ0n) is 13.8. The van der Waals surface area contributed by atoms with Crippen LogP contribution in [0.4, 0.5) is 0 Å². The number of aromatic amines is 1. The molecule has 1 aliphatic rings. The number of H-pyrrole nitrogens is 1. The van der Waals surface area contributed by atoms with Gasteiger partial charge in [-0.15, -0.1) is 0 Å². The van der Waals surface area contributed by atoms with Crippen LogP contribution in [-0.4, -0.2) is 48.8 Å². The summed E-state index contributed by atoms with van der Waals surface area (Å²) in [6, 6.07) is 9.45. The second-order valence-corrected chi connectivity index (χ2v) is 6.05. The summed E-state index contributed by atoms with van der Waals surface area (Å²) in [6.45, 7) is 1.46. The Hall–Kier alpha value is -2.18. The summed E-state index contributed by atoms with van der Waals surface area (Å²) in [5, 5.41) is 0.948. The first-order valence-corrected chi connectivity index (χ1v) is 8.16. The van der Waals surface area contributed by atoms with Crippen molar-refractivity contribution in [1.82, 2.24) is 9.88 Å². The number of nitrogens with zero attached hydrogens (tertiary/aromatic N) is 1. The quantitative estimate of drug-likeness (QED) is 0.875. The van der Waals surface area contributed by atoms with Gasteiger partial charge in [0.2, 0.25) is 5.91 Å². The van der Waals surface area contributed by atoms with Gasteiger partial charge in [0.1, 0.15) is 6.61 Å². The Kier molecular flexibility index (Phi) is 5.27. The number of para-hydroxylation sites is 1. The standard InChI is InChI=1S/C18H22N2O4/c1-23-12-17(21)20(11-15-6-4-8-24-15)10-14-9-13-5-2-3-7-16(13)19-18(14)22/h2-3,5,7,9,15H,4,6,8,10-12H2,1H3,(H,19,22)/t15-/m1/s1. The largest absolute Gasteiger partial charge is 0.376 e. The number of fused-ring (bicyclic) bond motifs is 1. The van der Waals surface area contributed by atoms with E-state index in [0.717, 1.165) is 30.4 Å². The summed E-state index contributed by atoms with van der Waals surface area (Å²) in [5.74, 6) is -0.138. The van der Waals surface area contributed by atoms with Crippen molar-refractivity contribution < 1.29 is 14.3 Å². The van der Waals surface area contributed by atoms with E-state index in [2.05, 4.69) is 4.98 Å². The topological polar surface area (TPSA) is 71.6 Å². The van der Waals surface area contributed by atoms with Gasteiger partial charge in [-0.2, -0.15) is 0 Å². The lowest BCUT2D eigenvalue weighted by atomic mass is 10.1. The van der Waals surface area contributed by atoms with Crippen LogP contribution in [0.15, 0.2) is 35.1 Å². The fourth-order valence-corrected chi connectivity index (χ4v) is 3.02. The van der Waals surface area contributed by atoms with Gasteiger partial charge < -0.3 is 19.4 Å². The summed E-state index contributed by atoms with van der Waals surface area (Å²) in [7, 11) is 1.49. The molecule has 1 aromatic heterocycles. The van der Waals surface area contributed by atoms with E-state index in [-0.39, 0.29) is 30.7 Å². The molecule has 2 aromatic rings. The van der Waals surface area contributed by atoms with E-state index in [1.54, 1.807) is 4.90 Å². The minimum Gasteiger partial charge on any atom is -0.376 e. The molecule has 2 heterocycles. The highest BCUT2D eigenvalue weighted by Crippen LogP contribution is 2.16. The third-order valence-corrected chi connectivity index (χ3v) is 4.26. The Morgan fingerprint density at radius 1 is 1.42 bits per heavy atom. The number of methoxy groups -OCH3 is 1. The van der Waals surface area contributed by atoms with E-state index in [0.29, 0.717) is 12.1 Å².